The van der Waals surface area contributed by atoms with E-state index in [0.29, 0.717) is 12.2 Å². The quantitative estimate of drug-likeness (QED) is 0.689. The van der Waals surface area contributed by atoms with Crippen molar-refractivity contribution in [1.82, 2.24) is 0 Å². The number of ketones is 1. The van der Waals surface area contributed by atoms with E-state index in [1.807, 2.05) is 0 Å². The van der Waals surface area contributed by atoms with Crippen LogP contribution in [0.5, 0.6) is 0 Å². The molecule has 1 nitrogen and oxygen atoms in total. The molecule has 2 aromatic rings. The molecule has 0 aliphatic heterocycles. The number of carbonyl (C=O) groups excluding carboxylic acids is 1. The van der Waals surface area contributed by atoms with Crippen molar-refractivity contribution in [2.24, 2.45) is 0 Å². The van der Waals surface area contributed by atoms with Gasteiger partial charge in [-0.05, 0) is 66.8 Å². The van der Waals surface area contributed by atoms with Gasteiger partial charge >= 0.3 is 0 Å². The minimum absolute atomic E-state index is 0.327. The van der Waals surface area contributed by atoms with Gasteiger partial charge in [0.15, 0.2) is 5.78 Å². The van der Waals surface area contributed by atoms with Gasteiger partial charge in [0.05, 0.1) is 0 Å². The predicted octanol–water partition coefficient (Wildman–Crippen LogP) is 4.94. The van der Waals surface area contributed by atoms with Gasteiger partial charge in [-0.1, -0.05) is 43.3 Å². The molecule has 0 bridgehead atoms. The molecule has 22 heavy (non-hydrogen) atoms. The number of benzene rings is 2. The smallest absolute Gasteiger partial charge is 0.163 e. The zero-order chi connectivity index (χ0) is 15.4. The largest absolute Gasteiger partial charge is 0.294 e. The van der Waals surface area contributed by atoms with Gasteiger partial charge in [0, 0.05) is 12.0 Å². The van der Waals surface area contributed by atoms with Crippen LogP contribution < -0.4 is 0 Å². The fourth-order valence-electron chi connectivity index (χ4n) is 3.24. The van der Waals surface area contributed by atoms with Gasteiger partial charge in [0.1, 0.15) is 0 Å². The van der Waals surface area contributed by atoms with Gasteiger partial charge in [-0.3, -0.25) is 4.79 Å². The lowest BCUT2D eigenvalue weighted by atomic mass is 10.00. The highest BCUT2D eigenvalue weighted by Crippen LogP contribution is 2.23. The summed E-state index contributed by atoms with van der Waals surface area (Å²) in [5.41, 5.74) is 6.38. The maximum absolute atomic E-state index is 11.8. The SMILES string of the molecule is CCc1ccc(CCCCc2ccc3c(c2)C(=O)CC3)cc1. The van der Waals surface area contributed by atoms with Crippen LogP contribution in [0, 0.1) is 0 Å². The maximum atomic E-state index is 11.8. The Morgan fingerprint density at radius 1 is 0.818 bits per heavy atom. The molecule has 1 aliphatic rings. The number of Topliss-reactive ketones (excluding diaryl/α,β-unsaturated/α-hetero) is 1. The first-order chi connectivity index (χ1) is 10.8. The van der Waals surface area contributed by atoms with E-state index >= 15 is 0 Å². The Bertz CT molecular complexity index is 652. The van der Waals surface area contributed by atoms with Crippen LogP contribution in [0.3, 0.4) is 0 Å². The summed E-state index contributed by atoms with van der Waals surface area (Å²) in [6, 6.07) is 15.5. The normalized spacial score (nSPS) is 13.4. The van der Waals surface area contributed by atoms with E-state index in [-0.39, 0.29) is 0 Å². The van der Waals surface area contributed by atoms with Crippen LogP contribution in [0.25, 0.3) is 0 Å². The van der Waals surface area contributed by atoms with Crippen molar-refractivity contribution in [3.05, 3.63) is 70.3 Å². The standard InChI is InChI=1S/C21H24O/c1-2-16-7-9-17(10-8-16)5-3-4-6-18-11-12-19-13-14-21(22)20(19)15-18/h7-12,15H,2-6,13-14H2,1H3. The highest BCUT2D eigenvalue weighted by atomic mass is 16.1. The third-order valence-electron chi connectivity index (χ3n) is 4.71. The maximum Gasteiger partial charge on any atom is 0.163 e. The van der Waals surface area contributed by atoms with Crippen LogP contribution >= 0.6 is 0 Å². The summed E-state index contributed by atoms with van der Waals surface area (Å²) in [5.74, 6) is 0.327. The lowest BCUT2D eigenvalue weighted by Gasteiger charge is -2.05. The van der Waals surface area contributed by atoms with E-state index in [0.717, 1.165) is 31.2 Å². The van der Waals surface area contributed by atoms with E-state index < -0.39 is 0 Å². The Hall–Kier alpha value is -1.89. The van der Waals surface area contributed by atoms with Gasteiger partial charge in [-0.15, -0.1) is 0 Å². The number of fused-ring (bicyclic) bond motifs is 1. The van der Waals surface area contributed by atoms with E-state index in [4.69, 9.17) is 0 Å². The first kappa shape index (κ1) is 15.0. The fraction of sp³-hybridized carbons (Fsp3) is 0.381. The summed E-state index contributed by atoms with van der Waals surface area (Å²) in [5, 5.41) is 0. The number of unbranched alkanes of at least 4 members (excludes halogenated alkanes) is 1. The van der Waals surface area contributed by atoms with E-state index in [9.17, 15) is 4.79 Å². The van der Waals surface area contributed by atoms with E-state index in [2.05, 4.69) is 49.4 Å². The summed E-state index contributed by atoms with van der Waals surface area (Å²) in [6.45, 7) is 2.19. The third kappa shape index (κ3) is 3.47. The number of aryl methyl sites for hydroxylation is 4. The Kier molecular flexibility index (Phi) is 4.72. The zero-order valence-corrected chi connectivity index (χ0v) is 13.4. The molecule has 1 heteroatoms. The van der Waals surface area contributed by atoms with E-state index in [1.165, 1.54) is 35.1 Å². The number of carbonyl (C=O) groups is 1. The van der Waals surface area contributed by atoms with Crippen LogP contribution in [0.1, 0.15) is 58.8 Å². The molecule has 0 unspecified atom stereocenters. The van der Waals surface area contributed by atoms with Crippen molar-refractivity contribution < 1.29 is 4.79 Å². The number of hydrogen-bond donors (Lipinski definition) is 0. The molecule has 0 spiro atoms. The molecule has 0 radical (unpaired) electrons. The second kappa shape index (κ2) is 6.91. The molecule has 114 valence electrons. The topological polar surface area (TPSA) is 17.1 Å². The summed E-state index contributed by atoms with van der Waals surface area (Å²) < 4.78 is 0. The Labute approximate surface area is 133 Å². The van der Waals surface area contributed by atoms with Gasteiger partial charge in [-0.2, -0.15) is 0 Å². The van der Waals surface area contributed by atoms with Crippen molar-refractivity contribution in [3.8, 4) is 0 Å². The molecular weight excluding hydrogens is 268 g/mol. The second-order valence-corrected chi connectivity index (χ2v) is 6.29. The first-order valence-electron chi connectivity index (χ1n) is 8.49. The van der Waals surface area contributed by atoms with Gasteiger partial charge in [0.2, 0.25) is 0 Å². The average molecular weight is 292 g/mol. The van der Waals surface area contributed by atoms with Crippen molar-refractivity contribution in [2.45, 2.75) is 51.9 Å². The van der Waals surface area contributed by atoms with Gasteiger partial charge in [-0.25, -0.2) is 0 Å². The minimum atomic E-state index is 0.327. The van der Waals surface area contributed by atoms with Crippen LogP contribution in [-0.4, -0.2) is 5.78 Å². The van der Waals surface area contributed by atoms with Gasteiger partial charge in [0.25, 0.3) is 0 Å². The molecule has 0 atom stereocenters. The third-order valence-corrected chi connectivity index (χ3v) is 4.71. The Morgan fingerprint density at radius 2 is 1.45 bits per heavy atom. The first-order valence-corrected chi connectivity index (χ1v) is 8.49. The molecule has 0 amide bonds. The van der Waals surface area contributed by atoms with Crippen molar-refractivity contribution in [1.29, 1.82) is 0 Å². The lowest BCUT2D eigenvalue weighted by molar-refractivity contribution is 0.0994. The van der Waals surface area contributed by atoms with Gasteiger partial charge < -0.3 is 0 Å². The zero-order valence-electron chi connectivity index (χ0n) is 13.4. The predicted molar refractivity (Wildman–Crippen MR) is 91.6 cm³/mol. The number of hydrogen-bond acceptors (Lipinski definition) is 1. The molecule has 0 saturated carbocycles. The number of rotatable bonds is 6. The van der Waals surface area contributed by atoms with Crippen LogP contribution in [0.15, 0.2) is 42.5 Å². The monoisotopic (exact) mass is 292 g/mol. The summed E-state index contributed by atoms with van der Waals surface area (Å²) in [7, 11) is 0. The molecule has 0 aromatic heterocycles. The minimum Gasteiger partial charge on any atom is -0.294 e. The highest BCUT2D eigenvalue weighted by molar-refractivity contribution is 6.00. The molecule has 0 heterocycles. The van der Waals surface area contributed by atoms with E-state index in [1.54, 1.807) is 0 Å². The summed E-state index contributed by atoms with van der Waals surface area (Å²) in [4.78, 5) is 11.8. The molecule has 3 rings (SSSR count). The lowest BCUT2D eigenvalue weighted by Crippen LogP contribution is -1.95. The molecule has 1 aliphatic carbocycles. The highest BCUT2D eigenvalue weighted by Gasteiger charge is 2.18. The van der Waals surface area contributed by atoms with Crippen molar-refractivity contribution in [3.63, 3.8) is 0 Å². The summed E-state index contributed by atoms with van der Waals surface area (Å²) >= 11 is 0. The molecule has 0 saturated heterocycles. The molecule has 2 aromatic carbocycles. The Balaban J connectivity index is 1.49. The fourth-order valence-corrected chi connectivity index (χ4v) is 3.24. The van der Waals surface area contributed by atoms with Crippen molar-refractivity contribution in [2.75, 3.05) is 0 Å². The van der Waals surface area contributed by atoms with Crippen LogP contribution in [0.4, 0.5) is 0 Å². The van der Waals surface area contributed by atoms with Crippen LogP contribution in [0.2, 0.25) is 0 Å². The Morgan fingerprint density at radius 3 is 2.18 bits per heavy atom. The molecular formula is C21H24O. The molecule has 0 fully saturated rings. The van der Waals surface area contributed by atoms with Crippen LogP contribution in [-0.2, 0) is 25.7 Å². The summed E-state index contributed by atoms with van der Waals surface area (Å²) in [6.07, 6.45) is 7.35. The average Bonchev–Trinajstić information content (AvgIpc) is 2.93. The second-order valence-electron chi connectivity index (χ2n) is 6.29. The van der Waals surface area contributed by atoms with Crippen molar-refractivity contribution >= 4 is 5.78 Å². The molecule has 0 N–H and O–H groups in total.